The Kier molecular flexibility index (Phi) is 5.03. The van der Waals surface area contributed by atoms with Gasteiger partial charge in [-0.05, 0) is 49.3 Å². The monoisotopic (exact) mass is 323 g/mol. The van der Waals surface area contributed by atoms with E-state index in [9.17, 15) is 4.79 Å². The number of hydrogen-bond donors (Lipinski definition) is 0. The predicted octanol–water partition coefficient (Wildman–Crippen LogP) is 3.95. The minimum Gasteiger partial charge on any atom is -0.342 e. The van der Waals surface area contributed by atoms with Gasteiger partial charge in [0, 0.05) is 24.0 Å². The molecule has 1 aliphatic rings. The molecule has 1 atom stereocenters. The van der Waals surface area contributed by atoms with Crippen LogP contribution in [0.3, 0.4) is 0 Å². The fraction of sp³-hybridized carbons (Fsp3) is 0.562. The van der Waals surface area contributed by atoms with Crippen molar-refractivity contribution in [3.8, 4) is 0 Å². The maximum atomic E-state index is 12.2. The van der Waals surface area contributed by atoms with Gasteiger partial charge in [0.05, 0.1) is 0 Å². The van der Waals surface area contributed by atoms with Crippen molar-refractivity contribution in [2.75, 3.05) is 13.1 Å². The average molecular weight is 324 g/mol. The molecule has 1 aliphatic heterocycles. The van der Waals surface area contributed by atoms with Gasteiger partial charge in [0.15, 0.2) is 0 Å². The summed E-state index contributed by atoms with van der Waals surface area (Å²) in [6.07, 6.45) is 3.85. The Morgan fingerprint density at radius 3 is 2.95 bits per heavy atom. The number of benzene rings is 1. The zero-order valence-electron chi connectivity index (χ0n) is 11.8. The smallest absolute Gasteiger partial charge is 0.222 e. The molecule has 0 N–H and O–H groups in total. The van der Waals surface area contributed by atoms with E-state index < -0.39 is 0 Å². The number of carbonyl (C=O) groups excluding carboxylic acids is 1. The summed E-state index contributed by atoms with van der Waals surface area (Å²) in [5.41, 5.74) is 2.47. The molecule has 2 rings (SSSR count). The van der Waals surface area contributed by atoms with Crippen LogP contribution in [0.15, 0.2) is 22.7 Å². The lowest BCUT2D eigenvalue weighted by Crippen LogP contribution is -2.39. The molecule has 1 saturated heterocycles. The number of carbonyl (C=O) groups is 1. The molecule has 0 aliphatic carbocycles. The SMILES string of the molecule is Cc1ccc(CCC(=O)N2CCCC(C)C2)c(Br)c1. The van der Waals surface area contributed by atoms with E-state index in [-0.39, 0.29) is 0 Å². The van der Waals surface area contributed by atoms with Crippen molar-refractivity contribution in [3.63, 3.8) is 0 Å². The van der Waals surface area contributed by atoms with Gasteiger partial charge in [-0.1, -0.05) is 35.0 Å². The first-order valence-electron chi connectivity index (χ1n) is 7.09. The van der Waals surface area contributed by atoms with Crippen LogP contribution in [0.1, 0.15) is 37.3 Å². The normalized spacial score (nSPS) is 19.5. The van der Waals surface area contributed by atoms with E-state index in [1.165, 1.54) is 17.5 Å². The van der Waals surface area contributed by atoms with E-state index >= 15 is 0 Å². The third-order valence-electron chi connectivity index (χ3n) is 3.83. The summed E-state index contributed by atoms with van der Waals surface area (Å²) in [6.45, 7) is 6.19. The second-order valence-corrected chi connectivity index (χ2v) is 6.54. The number of rotatable bonds is 3. The highest BCUT2D eigenvalue weighted by atomic mass is 79.9. The van der Waals surface area contributed by atoms with Crippen molar-refractivity contribution in [1.82, 2.24) is 4.90 Å². The highest BCUT2D eigenvalue weighted by molar-refractivity contribution is 9.10. The van der Waals surface area contributed by atoms with E-state index in [2.05, 4.69) is 48.0 Å². The lowest BCUT2D eigenvalue weighted by molar-refractivity contribution is -0.132. The van der Waals surface area contributed by atoms with Crippen molar-refractivity contribution < 1.29 is 4.79 Å². The van der Waals surface area contributed by atoms with Gasteiger partial charge in [0.2, 0.25) is 5.91 Å². The number of hydrogen-bond acceptors (Lipinski definition) is 1. The largest absolute Gasteiger partial charge is 0.342 e. The number of likely N-dealkylation sites (tertiary alicyclic amines) is 1. The van der Waals surface area contributed by atoms with Crippen LogP contribution in [-0.2, 0) is 11.2 Å². The standard InChI is InChI=1S/C16H22BrNO/c1-12-5-6-14(15(17)10-12)7-8-16(19)18-9-3-4-13(2)11-18/h5-6,10,13H,3-4,7-9,11H2,1-2H3. The van der Waals surface area contributed by atoms with Crippen molar-refractivity contribution in [3.05, 3.63) is 33.8 Å². The number of halogens is 1. The fourth-order valence-corrected chi connectivity index (χ4v) is 3.36. The minimum atomic E-state index is 0.305. The van der Waals surface area contributed by atoms with Gasteiger partial charge in [0.25, 0.3) is 0 Å². The van der Waals surface area contributed by atoms with Crippen molar-refractivity contribution in [2.45, 2.75) is 39.5 Å². The second kappa shape index (κ2) is 6.56. The van der Waals surface area contributed by atoms with Crippen molar-refractivity contribution >= 4 is 21.8 Å². The Hall–Kier alpha value is -0.830. The van der Waals surface area contributed by atoms with Gasteiger partial charge in [-0.15, -0.1) is 0 Å². The Morgan fingerprint density at radius 1 is 1.47 bits per heavy atom. The Labute approximate surface area is 124 Å². The lowest BCUT2D eigenvalue weighted by atomic mass is 9.99. The zero-order valence-corrected chi connectivity index (χ0v) is 13.4. The molecular formula is C16H22BrNO. The quantitative estimate of drug-likeness (QED) is 0.824. The van der Waals surface area contributed by atoms with Crippen LogP contribution in [0.2, 0.25) is 0 Å². The molecule has 0 saturated carbocycles. The van der Waals surface area contributed by atoms with Crippen LogP contribution in [-0.4, -0.2) is 23.9 Å². The summed E-state index contributed by atoms with van der Waals surface area (Å²) in [5, 5.41) is 0. The molecule has 3 heteroatoms. The van der Waals surface area contributed by atoms with E-state index in [1.54, 1.807) is 0 Å². The van der Waals surface area contributed by atoms with Gasteiger partial charge in [-0.25, -0.2) is 0 Å². The molecular weight excluding hydrogens is 302 g/mol. The minimum absolute atomic E-state index is 0.305. The van der Waals surface area contributed by atoms with Gasteiger partial charge >= 0.3 is 0 Å². The van der Waals surface area contributed by atoms with Crippen LogP contribution < -0.4 is 0 Å². The summed E-state index contributed by atoms with van der Waals surface area (Å²) in [7, 11) is 0. The van der Waals surface area contributed by atoms with Gasteiger partial charge in [-0.2, -0.15) is 0 Å². The molecule has 2 nitrogen and oxygen atoms in total. The van der Waals surface area contributed by atoms with Crippen LogP contribution >= 0.6 is 15.9 Å². The van der Waals surface area contributed by atoms with Gasteiger partial charge in [0.1, 0.15) is 0 Å². The van der Waals surface area contributed by atoms with E-state index in [0.29, 0.717) is 18.2 Å². The first-order valence-corrected chi connectivity index (χ1v) is 7.88. The molecule has 0 spiro atoms. The van der Waals surface area contributed by atoms with Crippen LogP contribution in [0.25, 0.3) is 0 Å². The molecule has 0 bridgehead atoms. The van der Waals surface area contributed by atoms with Gasteiger partial charge in [-0.3, -0.25) is 4.79 Å². The summed E-state index contributed by atoms with van der Waals surface area (Å²) in [4.78, 5) is 14.2. The average Bonchev–Trinajstić information content (AvgIpc) is 2.37. The summed E-state index contributed by atoms with van der Waals surface area (Å²) < 4.78 is 1.12. The summed E-state index contributed by atoms with van der Waals surface area (Å²) >= 11 is 3.58. The molecule has 1 heterocycles. The number of amides is 1. The van der Waals surface area contributed by atoms with Crippen molar-refractivity contribution in [1.29, 1.82) is 0 Å². The molecule has 0 radical (unpaired) electrons. The fourth-order valence-electron chi connectivity index (χ4n) is 2.67. The highest BCUT2D eigenvalue weighted by Crippen LogP contribution is 2.21. The third kappa shape index (κ3) is 4.07. The van der Waals surface area contributed by atoms with Gasteiger partial charge < -0.3 is 4.90 Å². The first-order chi connectivity index (χ1) is 9.06. The third-order valence-corrected chi connectivity index (χ3v) is 4.56. The molecule has 104 valence electrons. The second-order valence-electron chi connectivity index (χ2n) is 5.68. The molecule has 1 aromatic rings. The Morgan fingerprint density at radius 2 is 2.26 bits per heavy atom. The Balaban J connectivity index is 1.89. The lowest BCUT2D eigenvalue weighted by Gasteiger charge is -2.31. The predicted molar refractivity (Wildman–Crippen MR) is 82.2 cm³/mol. The maximum Gasteiger partial charge on any atom is 0.222 e. The van der Waals surface area contributed by atoms with Crippen molar-refractivity contribution in [2.24, 2.45) is 5.92 Å². The zero-order chi connectivity index (χ0) is 13.8. The molecule has 1 unspecified atom stereocenters. The van der Waals surface area contributed by atoms with Crippen LogP contribution in [0, 0.1) is 12.8 Å². The number of nitrogens with zero attached hydrogens (tertiary/aromatic N) is 1. The maximum absolute atomic E-state index is 12.2. The summed E-state index contributed by atoms with van der Waals surface area (Å²) in [5.74, 6) is 0.961. The first kappa shape index (κ1) is 14.6. The molecule has 1 aromatic carbocycles. The number of aryl methyl sites for hydroxylation is 2. The van der Waals surface area contributed by atoms with E-state index in [4.69, 9.17) is 0 Å². The topological polar surface area (TPSA) is 20.3 Å². The van der Waals surface area contributed by atoms with E-state index in [0.717, 1.165) is 30.4 Å². The molecule has 19 heavy (non-hydrogen) atoms. The number of piperidine rings is 1. The molecule has 0 aromatic heterocycles. The molecule has 1 fully saturated rings. The van der Waals surface area contributed by atoms with Crippen LogP contribution in [0.5, 0.6) is 0 Å². The van der Waals surface area contributed by atoms with E-state index in [1.807, 2.05) is 4.90 Å². The van der Waals surface area contributed by atoms with Crippen LogP contribution in [0.4, 0.5) is 0 Å². The highest BCUT2D eigenvalue weighted by Gasteiger charge is 2.20. The molecule has 1 amide bonds. The summed E-state index contributed by atoms with van der Waals surface area (Å²) in [6, 6.07) is 6.34. The Bertz CT molecular complexity index is 458.